The van der Waals surface area contributed by atoms with Crippen molar-refractivity contribution in [2.45, 2.75) is 19.6 Å². The summed E-state index contributed by atoms with van der Waals surface area (Å²) in [5.74, 6) is 0. The fourth-order valence-corrected chi connectivity index (χ4v) is 2.31. The fraction of sp³-hybridized carbons (Fsp3) is 0.400. The molecule has 0 aliphatic carbocycles. The smallest absolute Gasteiger partial charge is 0.117 e. The highest BCUT2D eigenvalue weighted by Crippen LogP contribution is 2.27. The number of aryl methyl sites for hydroxylation is 1. The first-order valence-electron chi connectivity index (χ1n) is 5.04. The molecule has 0 aliphatic rings. The third kappa shape index (κ3) is 2.13. The Bertz CT molecular complexity index is 439. The third-order valence-electron chi connectivity index (χ3n) is 2.24. The van der Waals surface area contributed by atoms with Crippen LogP contribution in [0.2, 0.25) is 0 Å². The lowest BCUT2D eigenvalue weighted by molar-refractivity contribution is 0.276. The van der Waals surface area contributed by atoms with Gasteiger partial charge in [-0.3, -0.25) is 0 Å². The number of hydrogen-bond acceptors (Lipinski definition) is 5. The zero-order valence-electron chi connectivity index (χ0n) is 8.70. The number of aromatic nitrogens is 3. The van der Waals surface area contributed by atoms with Gasteiger partial charge in [-0.15, -0.1) is 16.4 Å². The highest BCUT2D eigenvalue weighted by Gasteiger charge is 2.14. The lowest BCUT2D eigenvalue weighted by Gasteiger charge is -2.04. The molecule has 0 radical (unpaired) electrons. The second-order valence-corrected chi connectivity index (χ2v) is 4.27. The van der Waals surface area contributed by atoms with E-state index >= 15 is 0 Å². The number of aliphatic hydroxyl groups is 2. The average molecular weight is 239 g/mol. The molecule has 0 aliphatic heterocycles. The molecule has 0 saturated heterocycles. The quantitative estimate of drug-likeness (QED) is 0.812. The van der Waals surface area contributed by atoms with Gasteiger partial charge in [0.15, 0.2) is 0 Å². The van der Waals surface area contributed by atoms with E-state index in [0.717, 1.165) is 10.6 Å². The molecule has 5 nitrogen and oxygen atoms in total. The van der Waals surface area contributed by atoms with Gasteiger partial charge in [0.2, 0.25) is 0 Å². The molecular weight excluding hydrogens is 226 g/mol. The van der Waals surface area contributed by atoms with E-state index in [1.165, 1.54) is 0 Å². The average Bonchev–Trinajstić information content (AvgIpc) is 2.94. The first-order valence-corrected chi connectivity index (χ1v) is 5.92. The van der Waals surface area contributed by atoms with E-state index in [-0.39, 0.29) is 13.2 Å². The Morgan fingerprint density at radius 1 is 1.38 bits per heavy atom. The molecule has 0 saturated carbocycles. The minimum absolute atomic E-state index is 0.119. The molecule has 0 unspecified atom stereocenters. The van der Waals surface area contributed by atoms with E-state index in [1.54, 1.807) is 16.0 Å². The standard InChI is InChI=1S/C10H13N3O2S/c14-5-2-4-13-10(8(7-15)11-12-13)9-3-1-6-16-9/h1,3,6,14-15H,2,4-5,7H2. The summed E-state index contributed by atoms with van der Waals surface area (Å²) in [4.78, 5) is 1.03. The Balaban J connectivity index is 2.35. The van der Waals surface area contributed by atoms with E-state index in [0.29, 0.717) is 18.7 Å². The van der Waals surface area contributed by atoms with Crippen LogP contribution in [0, 0.1) is 0 Å². The lowest BCUT2D eigenvalue weighted by atomic mass is 10.2. The van der Waals surface area contributed by atoms with Gasteiger partial charge in [0, 0.05) is 13.2 Å². The summed E-state index contributed by atoms with van der Waals surface area (Å²) < 4.78 is 1.73. The van der Waals surface area contributed by atoms with Crippen LogP contribution in [0.4, 0.5) is 0 Å². The maximum atomic E-state index is 9.20. The number of hydrogen-bond donors (Lipinski definition) is 2. The third-order valence-corrected chi connectivity index (χ3v) is 3.11. The molecule has 86 valence electrons. The van der Waals surface area contributed by atoms with Gasteiger partial charge in [0.1, 0.15) is 11.4 Å². The minimum Gasteiger partial charge on any atom is -0.396 e. The van der Waals surface area contributed by atoms with Gasteiger partial charge in [-0.1, -0.05) is 11.3 Å². The highest BCUT2D eigenvalue weighted by molar-refractivity contribution is 7.13. The molecule has 2 rings (SSSR count). The van der Waals surface area contributed by atoms with Crippen LogP contribution in [0.15, 0.2) is 17.5 Å². The largest absolute Gasteiger partial charge is 0.396 e. The summed E-state index contributed by atoms with van der Waals surface area (Å²) in [7, 11) is 0. The van der Waals surface area contributed by atoms with Crippen molar-refractivity contribution in [1.29, 1.82) is 0 Å². The van der Waals surface area contributed by atoms with Crippen molar-refractivity contribution in [3.05, 3.63) is 23.2 Å². The van der Waals surface area contributed by atoms with Gasteiger partial charge in [-0.25, -0.2) is 4.68 Å². The van der Waals surface area contributed by atoms with Crippen molar-refractivity contribution in [2.24, 2.45) is 0 Å². The number of aliphatic hydroxyl groups excluding tert-OH is 2. The van der Waals surface area contributed by atoms with Crippen LogP contribution in [0.25, 0.3) is 10.6 Å². The van der Waals surface area contributed by atoms with Crippen LogP contribution in [0.3, 0.4) is 0 Å². The van der Waals surface area contributed by atoms with E-state index in [2.05, 4.69) is 10.3 Å². The molecule has 2 aromatic heterocycles. The molecule has 0 spiro atoms. The van der Waals surface area contributed by atoms with E-state index in [9.17, 15) is 5.11 Å². The highest BCUT2D eigenvalue weighted by atomic mass is 32.1. The normalized spacial score (nSPS) is 10.9. The molecule has 0 bridgehead atoms. The zero-order valence-corrected chi connectivity index (χ0v) is 9.52. The topological polar surface area (TPSA) is 71.2 Å². The first-order chi connectivity index (χ1) is 7.86. The summed E-state index contributed by atoms with van der Waals surface area (Å²) in [5.41, 5.74) is 1.44. The van der Waals surface area contributed by atoms with Gasteiger partial charge in [-0.2, -0.15) is 0 Å². The fourth-order valence-electron chi connectivity index (χ4n) is 1.52. The maximum absolute atomic E-state index is 9.20. The SMILES string of the molecule is OCCCn1nnc(CO)c1-c1cccs1. The van der Waals surface area contributed by atoms with Gasteiger partial charge in [0.25, 0.3) is 0 Å². The molecule has 2 N–H and O–H groups in total. The molecule has 0 aromatic carbocycles. The van der Waals surface area contributed by atoms with Gasteiger partial charge in [0.05, 0.1) is 11.5 Å². The number of nitrogens with zero attached hydrogens (tertiary/aromatic N) is 3. The van der Waals surface area contributed by atoms with Gasteiger partial charge >= 0.3 is 0 Å². The van der Waals surface area contributed by atoms with Crippen molar-refractivity contribution in [3.63, 3.8) is 0 Å². The summed E-state index contributed by atoms with van der Waals surface area (Å²) in [6, 6.07) is 3.92. The van der Waals surface area contributed by atoms with Crippen LogP contribution in [-0.4, -0.2) is 31.8 Å². The van der Waals surface area contributed by atoms with E-state index in [1.807, 2.05) is 17.5 Å². The predicted octanol–water partition coefficient (Wildman–Crippen LogP) is 0.881. The number of thiophene rings is 1. The van der Waals surface area contributed by atoms with Crippen LogP contribution >= 0.6 is 11.3 Å². The van der Waals surface area contributed by atoms with Crippen LogP contribution in [0.1, 0.15) is 12.1 Å². The van der Waals surface area contributed by atoms with Gasteiger partial charge in [-0.05, 0) is 17.9 Å². The number of rotatable bonds is 5. The molecule has 0 atom stereocenters. The Morgan fingerprint density at radius 2 is 2.25 bits per heavy atom. The Morgan fingerprint density at radius 3 is 2.88 bits per heavy atom. The van der Waals surface area contributed by atoms with Gasteiger partial charge < -0.3 is 10.2 Å². The van der Waals surface area contributed by atoms with Crippen molar-refractivity contribution >= 4 is 11.3 Å². The molecule has 2 aromatic rings. The van der Waals surface area contributed by atoms with E-state index < -0.39 is 0 Å². The monoisotopic (exact) mass is 239 g/mol. The molecule has 0 amide bonds. The predicted molar refractivity (Wildman–Crippen MR) is 61.0 cm³/mol. The molecule has 2 heterocycles. The molecule has 16 heavy (non-hydrogen) atoms. The second-order valence-electron chi connectivity index (χ2n) is 3.32. The summed E-state index contributed by atoms with van der Waals surface area (Å²) in [5, 5.41) is 27.9. The first kappa shape index (κ1) is 11.3. The Kier molecular flexibility index (Phi) is 3.66. The minimum atomic E-state index is -0.119. The second kappa shape index (κ2) is 5.20. The van der Waals surface area contributed by atoms with Crippen LogP contribution in [-0.2, 0) is 13.2 Å². The van der Waals surface area contributed by atoms with Crippen molar-refractivity contribution in [2.75, 3.05) is 6.61 Å². The maximum Gasteiger partial charge on any atom is 0.117 e. The molecule has 6 heteroatoms. The molecule has 0 fully saturated rings. The van der Waals surface area contributed by atoms with Crippen molar-refractivity contribution < 1.29 is 10.2 Å². The lowest BCUT2D eigenvalue weighted by Crippen LogP contribution is -2.04. The van der Waals surface area contributed by atoms with Crippen molar-refractivity contribution in [3.8, 4) is 10.6 Å². The summed E-state index contributed by atoms with van der Waals surface area (Å²) in [6.45, 7) is 0.612. The molecular formula is C10H13N3O2S. The summed E-state index contributed by atoms with van der Waals surface area (Å²) >= 11 is 1.58. The van der Waals surface area contributed by atoms with Crippen molar-refractivity contribution in [1.82, 2.24) is 15.0 Å². The Hall–Kier alpha value is -1.24. The Labute approximate surface area is 97.0 Å². The zero-order chi connectivity index (χ0) is 11.4. The van der Waals surface area contributed by atoms with E-state index in [4.69, 9.17) is 5.11 Å². The van der Waals surface area contributed by atoms with Crippen LogP contribution < -0.4 is 0 Å². The summed E-state index contributed by atoms with van der Waals surface area (Å²) in [6.07, 6.45) is 0.632. The van der Waals surface area contributed by atoms with Crippen LogP contribution in [0.5, 0.6) is 0 Å².